The maximum atomic E-state index is 13.7. The topological polar surface area (TPSA) is 224 Å². The summed E-state index contributed by atoms with van der Waals surface area (Å²) in [4.78, 5) is 95.8. The van der Waals surface area contributed by atoms with Gasteiger partial charge in [0.25, 0.3) is 0 Å². The van der Waals surface area contributed by atoms with Gasteiger partial charge in [-0.3, -0.25) is 28.8 Å². The summed E-state index contributed by atoms with van der Waals surface area (Å²) in [5.41, 5.74) is 1.11. The quantitative estimate of drug-likeness (QED) is 0.0965. The highest BCUT2D eigenvalue weighted by atomic mass is 19.1. The number of alkyl halides is 1. The van der Waals surface area contributed by atoms with Gasteiger partial charge in [0.15, 0.2) is 5.78 Å². The molecule has 16 nitrogen and oxygen atoms in total. The third-order valence-corrected chi connectivity index (χ3v) is 7.07. The van der Waals surface area contributed by atoms with Crippen LogP contribution in [0.1, 0.15) is 50.8 Å². The zero-order valence-corrected chi connectivity index (χ0v) is 27.8. The van der Waals surface area contributed by atoms with Gasteiger partial charge in [-0.25, -0.2) is 14.2 Å². The number of Topliss-reactive ketones (excluding diaryl/α,β-unsaturated/α-hetero) is 1. The molecule has 0 unspecified atom stereocenters. The molecule has 0 saturated carbocycles. The molecule has 0 aliphatic carbocycles. The Kier molecular flexibility index (Phi) is 16.9. The average molecular weight is 691 g/mol. The van der Waals surface area contributed by atoms with E-state index >= 15 is 0 Å². The first-order valence-corrected chi connectivity index (χ1v) is 15.4. The molecule has 0 radical (unpaired) electrons. The van der Waals surface area contributed by atoms with Crippen LogP contribution < -0.4 is 21.3 Å². The number of hydrogen-bond donors (Lipinski definition) is 5. The van der Waals surface area contributed by atoms with Crippen molar-refractivity contribution in [2.75, 3.05) is 20.9 Å². The Morgan fingerprint density at radius 2 is 1.43 bits per heavy atom. The number of methoxy groups -OCH3 is 2. The molecule has 268 valence electrons. The molecule has 17 heteroatoms. The normalized spacial score (nSPS) is 13.2. The molecule has 0 saturated heterocycles. The Hall–Kier alpha value is -5.35. The van der Waals surface area contributed by atoms with Gasteiger partial charge in [0.05, 0.1) is 27.0 Å². The molecule has 4 atom stereocenters. The van der Waals surface area contributed by atoms with E-state index in [4.69, 9.17) is 4.74 Å². The van der Waals surface area contributed by atoms with Gasteiger partial charge in [-0.2, -0.15) is 0 Å². The van der Waals surface area contributed by atoms with Crippen molar-refractivity contribution in [2.45, 2.75) is 76.7 Å². The number of hydrogen-bond acceptors (Lipinski definition) is 11. The number of esters is 2. The fourth-order valence-corrected chi connectivity index (χ4v) is 4.47. The minimum Gasteiger partial charge on any atom is -0.469 e. The number of benzene rings is 1. The van der Waals surface area contributed by atoms with Crippen LogP contribution in [-0.2, 0) is 56.0 Å². The predicted octanol–water partition coefficient (Wildman–Crippen LogP) is 0.803. The Labute approximate surface area is 282 Å². The second-order valence-electron chi connectivity index (χ2n) is 11.3. The maximum Gasteiger partial charge on any atom is 0.408 e. The van der Waals surface area contributed by atoms with Crippen LogP contribution in [0.25, 0.3) is 0 Å². The molecule has 49 heavy (non-hydrogen) atoms. The lowest BCUT2D eigenvalue weighted by atomic mass is 10.0. The second kappa shape index (κ2) is 20.8. The smallest absolute Gasteiger partial charge is 0.408 e. The van der Waals surface area contributed by atoms with Crippen molar-refractivity contribution in [1.29, 1.82) is 0 Å². The van der Waals surface area contributed by atoms with E-state index in [1.54, 1.807) is 30.3 Å². The Balaban J connectivity index is 2.27. The van der Waals surface area contributed by atoms with Crippen LogP contribution >= 0.6 is 0 Å². The number of carbonyl (C=O) groups excluding carboxylic acids is 7. The molecular formula is C32H43FN6O10. The number of ether oxygens (including phenoxy) is 3. The fraction of sp³-hybridized carbons (Fsp3) is 0.500. The van der Waals surface area contributed by atoms with Gasteiger partial charge >= 0.3 is 18.0 Å². The molecule has 2 rings (SSSR count). The number of aromatic nitrogens is 2. The van der Waals surface area contributed by atoms with E-state index < -0.39 is 78.8 Å². The number of nitrogens with one attached hydrogen (secondary N) is 5. The highest BCUT2D eigenvalue weighted by Gasteiger charge is 2.33. The Bertz CT molecular complexity index is 1410. The summed E-state index contributed by atoms with van der Waals surface area (Å²) >= 11 is 0. The summed E-state index contributed by atoms with van der Waals surface area (Å²) in [6, 6.07) is 3.28. The van der Waals surface area contributed by atoms with Crippen molar-refractivity contribution in [3.63, 3.8) is 0 Å². The molecule has 0 bridgehead atoms. The maximum absolute atomic E-state index is 13.7. The van der Waals surface area contributed by atoms with Gasteiger partial charge in [-0.1, -0.05) is 44.2 Å². The molecule has 0 aliphatic heterocycles. The van der Waals surface area contributed by atoms with Crippen LogP contribution in [0.15, 0.2) is 42.9 Å². The Morgan fingerprint density at radius 3 is 2.02 bits per heavy atom. The van der Waals surface area contributed by atoms with Crippen molar-refractivity contribution in [3.8, 4) is 0 Å². The van der Waals surface area contributed by atoms with E-state index in [0.29, 0.717) is 5.69 Å². The highest BCUT2D eigenvalue weighted by molar-refractivity contribution is 5.97. The lowest BCUT2D eigenvalue weighted by molar-refractivity contribution is -0.144. The zero-order chi connectivity index (χ0) is 36.3. The summed E-state index contributed by atoms with van der Waals surface area (Å²) in [7, 11) is 2.20. The third-order valence-electron chi connectivity index (χ3n) is 7.07. The third kappa shape index (κ3) is 14.5. The number of rotatable bonds is 20. The lowest BCUT2D eigenvalue weighted by Gasteiger charge is -2.26. The molecule has 0 fully saturated rings. The van der Waals surface area contributed by atoms with Gasteiger partial charge in [0.1, 0.15) is 37.4 Å². The molecule has 1 heterocycles. The van der Waals surface area contributed by atoms with Crippen LogP contribution in [0.4, 0.5) is 9.18 Å². The van der Waals surface area contributed by atoms with Crippen LogP contribution in [0, 0.1) is 5.92 Å². The van der Waals surface area contributed by atoms with E-state index in [1.807, 2.05) is 13.8 Å². The van der Waals surface area contributed by atoms with E-state index in [1.165, 1.54) is 12.5 Å². The summed E-state index contributed by atoms with van der Waals surface area (Å²) in [5.74, 6) is -5.39. The van der Waals surface area contributed by atoms with Gasteiger partial charge in [-0.15, -0.1) is 0 Å². The van der Waals surface area contributed by atoms with Gasteiger partial charge in [0, 0.05) is 24.7 Å². The lowest BCUT2D eigenvalue weighted by Crippen LogP contribution is -2.58. The van der Waals surface area contributed by atoms with Crippen LogP contribution in [0.2, 0.25) is 0 Å². The van der Waals surface area contributed by atoms with E-state index in [9.17, 15) is 38.0 Å². The molecule has 2 aromatic rings. The largest absolute Gasteiger partial charge is 0.469 e. The highest BCUT2D eigenvalue weighted by Crippen LogP contribution is 2.10. The molecule has 1 aromatic carbocycles. The zero-order valence-electron chi connectivity index (χ0n) is 27.8. The number of carbonyl (C=O) groups is 7. The minimum absolute atomic E-state index is 0.0515. The molecule has 4 amide bonds. The number of alkyl carbamates (subject to hydrolysis) is 1. The summed E-state index contributed by atoms with van der Waals surface area (Å²) in [6.07, 6.45) is 0.556. The molecule has 0 aliphatic rings. The number of amides is 4. The van der Waals surface area contributed by atoms with Crippen LogP contribution in [0.3, 0.4) is 0 Å². The predicted molar refractivity (Wildman–Crippen MR) is 170 cm³/mol. The van der Waals surface area contributed by atoms with Crippen LogP contribution in [0.5, 0.6) is 0 Å². The summed E-state index contributed by atoms with van der Waals surface area (Å²) in [5, 5.41) is 9.82. The van der Waals surface area contributed by atoms with Crippen molar-refractivity contribution >= 4 is 41.5 Å². The minimum atomic E-state index is -1.59. The number of halogens is 1. The van der Waals surface area contributed by atoms with E-state index in [-0.39, 0.29) is 38.2 Å². The fourth-order valence-electron chi connectivity index (χ4n) is 4.47. The standard InChI is InChI=1S/C32H43FN6O10/c1-19(2)12-24(39-32(46)49-17-20-8-6-5-7-9-20)30(44)36-22(10-11-27(41)47-3)29(43)38-25(13-21-16-34-18-35-21)31(45)37-23(26(40)15-33)14-28(42)48-4/h5-9,16,18-19,22-25H,10-15,17H2,1-4H3,(H,34,35)(H,36,44)(H,37,45)(H,38,43)(H,39,46)/t22-,23-,24-,25-/m0/s1. The number of imidazole rings is 1. The van der Waals surface area contributed by atoms with E-state index in [2.05, 4.69) is 40.7 Å². The van der Waals surface area contributed by atoms with Gasteiger partial charge in [0.2, 0.25) is 17.7 Å². The number of nitrogens with zero attached hydrogens (tertiary/aromatic N) is 1. The molecule has 5 N–H and O–H groups in total. The van der Waals surface area contributed by atoms with Crippen LogP contribution in [-0.4, -0.2) is 96.6 Å². The number of ketones is 1. The summed E-state index contributed by atoms with van der Waals surface area (Å²) in [6.45, 7) is 2.10. The SMILES string of the molecule is COC(=O)CC[C@H](NC(=O)[C@H](CC(C)C)NC(=O)OCc1ccccc1)C(=O)N[C@@H](Cc1cnc[nH]1)C(=O)N[C@@H](CC(=O)OC)C(=O)CF. The molecule has 1 aromatic heterocycles. The van der Waals surface area contributed by atoms with Crippen molar-refractivity contribution < 1.29 is 52.2 Å². The molecular weight excluding hydrogens is 647 g/mol. The number of aromatic amines is 1. The monoisotopic (exact) mass is 690 g/mol. The van der Waals surface area contributed by atoms with Gasteiger partial charge in [-0.05, 0) is 24.3 Å². The first-order chi connectivity index (χ1) is 23.4. The van der Waals surface area contributed by atoms with E-state index in [0.717, 1.165) is 19.8 Å². The van der Waals surface area contributed by atoms with Crippen molar-refractivity contribution in [2.24, 2.45) is 5.92 Å². The van der Waals surface area contributed by atoms with Gasteiger partial charge < -0.3 is 40.5 Å². The second-order valence-corrected chi connectivity index (χ2v) is 11.3. The average Bonchev–Trinajstić information content (AvgIpc) is 3.60. The molecule has 0 spiro atoms. The summed E-state index contributed by atoms with van der Waals surface area (Å²) < 4.78 is 27.7. The number of H-pyrrole nitrogens is 1. The first-order valence-electron chi connectivity index (χ1n) is 15.4. The Morgan fingerprint density at radius 1 is 0.816 bits per heavy atom. The van der Waals surface area contributed by atoms with Crippen molar-refractivity contribution in [3.05, 3.63) is 54.1 Å². The van der Waals surface area contributed by atoms with Crippen molar-refractivity contribution in [1.82, 2.24) is 31.2 Å². The first kappa shape index (κ1) is 39.8.